The Morgan fingerprint density at radius 1 is 1.27 bits per heavy atom. The normalized spacial score (nSPS) is 22.5. The van der Waals surface area contributed by atoms with E-state index < -0.39 is 0 Å². The molecule has 1 aromatic heterocycles. The van der Waals surface area contributed by atoms with Crippen molar-refractivity contribution in [2.24, 2.45) is 0 Å². The third kappa shape index (κ3) is 3.85. The summed E-state index contributed by atoms with van der Waals surface area (Å²) in [5.74, 6) is 0.873. The third-order valence-corrected chi connectivity index (χ3v) is 4.20. The third-order valence-electron chi connectivity index (χ3n) is 4.20. The van der Waals surface area contributed by atoms with E-state index in [-0.39, 0.29) is 12.1 Å². The number of anilines is 1. The van der Waals surface area contributed by atoms with Crippen molar-refractivity contribution in [3.8, 4) is 0 Å². The van der Waals surface area contributed by atoms with E-state index in [1.807, 2.05) is 4.90 Å². The van der Waals surface area contributed by atoms with Crippen LogP contribution in [0.4, 0.5) is 10.6 Å². The first-order valence-corrected chi connectivity index (χ1v) is 7.98. The lowest BCUT2D eigenvalue weighted by Gasteiger charge is -2.35. The van der Waals surface area contributed by atoms with E-state index in [1.54, 1.807) is 18.6 Å². The average Bonchev–Trinajstić information content (AvgIpc) is 2.61. The van der Waals surface area contributed by atoms with Crippen molar-refractivity contribution in [1.82, 2.24) is 20.2 Å². The molecule has 1 aromatic rings. The molecule has 0 spiro atoms. The number of hydrogen-bond acceptors (Lipinski definition) is 5. The van der Waals surface area contributed by atoms with Crippen molar-refractivity contribution >= 4 is 11.8 Å². The molecule has 2 fully saturated rings. The van der Waals surface area contributed by atoms with Crippen LogP contribution in [0.2, 0.25) is 0 Å². The minimum absolute atomic E-state index is 0.00738. The lowest BCUT2D eigenvalue weighted by atomic mass is 10.1. The van der Waals surface area contributed by atoms with Crippen LogP contribution in [-0.4, -0.2) is 66.3 Å². The largest absolute Gasteiger partial charge is 0.376 e. The van der Waals surface area contributed by atoms with E-state index in [1.165, 1.54) is 6.42 Å². The average molecular weight is 305 g/mol. The van der Waals surface area contributed by atoms with E-state index in [2.05, 4.69) is 20.2 Å². The van der Waals surface area contributed by atoms with Crippen LogP contribution in [0.15, 0.2) is 18.6 Å². The van der Waals surface area contributed by atoms with Gasteiger partial charge >= 0.3 is 6.03 Å². The Labute approximate surface area is 130 Å². The Kier molecular flexibility index (Phi) is 5.05. The molecule has 120 valence electrons. The van der Waals surface area contributed by atoms with Gasteiger partial charge in [-0.3, -0.25) is 4.98 Å². The lowest BCUT2D eigenvalue weighted by Crippen LogP contribution is -2.53. The highest BCUT2D eigenvalue weighted by molar-refractivity contribution is 5.74. The number of amides is 2. The van der Waals surface area contributed by atoms with Crippen LogP contribution < -0.4 is 10.2 Å². The highest BCUT2D eigenvalue weighted by atomic mass is 16.5. The second-order valence-corrected chi connectivity index (χ2v) is 5.71. The number of carbonyl (C=O) groups is 1. The molecule has 0 aliphatic carbocycles. The van der Waals surface area contributed by atoms with Gasteiger partial charge in [0.1, 0.15) is 5.82 Å². The van der Waals surface area contributed by atoms with Crippen LogP contribution in [0, 0.1) is 0 Å². The molecule has 2 aliphatic heterocycles. The molecule has 7 nitrogen and oxygen atoms in total. The summed E-state index contributed by atoms with van der Waals surface area (Å²) in [5.41, 5.74) is 0. The summed E-state index contributed by atoms with van der Waals surface area (Å²) in [6, 6.07) is 0.00738. The number of aromatic nitrogens is 2. The monoisotopic (exact) mass is 305 g/mol. The second-order valence-electron chi connectivity index (χ2n) is 5.71. The Hall–Kier alpha value is -1.89. The van der Waals surface area contributed by atoms with Gasteiger partial charge in [-0.2, -0.15) is 0 Å². The standard InChI is InChI=1S/C15H23N5O2/c21-15(18-11-13-3-1-2-10-22-13)20-8-6-19(7-9-20)14-12-16-4-5-17-14/h4-5,12-13H,1-3,6-11H2,(H,18,21). The molecular weight excluding hydrogens is 282 g/mol. The Morgan fingerprint density at radius 3 is 2.82 bits per heavy atom. The van der Waals surface area contributed by atoms with Gasteiger partial charge in [0.15, 0.2) is 0 Å². The molecule has 0 radical (unpaired) electrons. The quantitative estimate of drug-likeness (QED) is 0.897. The predicted molar refractivity (Wildman–Crippen MR) is 82.8 cm³/mol. The minimum atomic E-state index is 0.00738. The van der Waals surface area contributed by atoms with Gasteiger partial charge in [-0.25, -0.2) is 9.78 Å². The second kappa shape index (κ2) is 7.40. The first-order chi connectivity index (χ1) is 10.8. The molecule has 2 amide bonds. The molecule has 2 saturated heterocycles. The molecule has 2 aliphatic rings. The number of piperazine rings is 1. The van der Waals surface area contributed by atoms with Gasteiger partial charge in [-0.1, -0.05) is 0 Å². The molecule has 0 bridgehead atoms. The molecule has 3 heterocycles. The summed E-state index contributed by atoms with van der Waals surface area (Å²) in [6.45, 7) is 4.40. The van der Waals surface area contributed by atoms with Crippen molar-refractivity contribution < 1.29 is 9.53 Å². The number of rotatable bonds is 3. The maximum absolute atomic E-state index is 12.2. The van der Waals surface area contributed by atoms with E-state index in [4.69, 9.17) is 4.74 Å². The van der Waals surface area contributed by atoms with Gasteiger partial charge in [0, 0.05) is 51.7 Å². The molecule has 1 unspecified atom stereocenters. The van der Waals surface area contributed by atoms with E-state index >= 15 is 0 Å². The molecule has 1 N–H and O–H groups in total. The van der Waals surface area contributed by atoms with Gasteiger partial charge in [-0.15, -0.1) is 0 Å². The summed E-state index contributed by atoms with van der Waals surface area (Å²) in [6.07, 6.45) is 8.67. The van der Waals surface area contributed by atoms with Gasteiger partial charge in [0.2, 0.25) is 0 Å². The van der Waals surface area contributed by atoms with Crippen molar-refractivity contribution in [3.05, 3.63) is 18.6 Å². The number of nitrogens with one attached hydrogen (secondary N) is 1. The number of carbonyl (C=O) groups excluding carboxylic acids is 1. The first-order valence-electron chi connectivity index (χ1n) is 7.98. The number of urea groups is 1. The minimum Gasteiger partial charge on any atom is -0.376 e. The molecule has 0 aromatic carbocycles. The molecule has 0 saturated carbocycles. The van der Waals surface area contributed by atoms with Crippen LogP contribution in [0.1, 0.15) is 19.3 Å². The van der Waals surface area contributed by atoms with E-state index in [9.17, 15) is 4.79 Å². The van der Waals surface area contributed by atoms with Crippen LogP contribution in [0.5, 0.6) is 0 Å². The topological polar surface area (TPSA) is 70.6 Å². The Balaban J connectivity index is 1.41. The smallest absolute Gasteiger partial charge is 0.317 e. The van der Waals surface area contributed by atoms with Crippen molar-refractivity contribution in [3.63, 3.8) is 0 Å². The number of hydrogen-bond donors (Lipinski definition) is 1. The maximum Gasteiger partial charge on any atom is 0.317 e. The number of ether oxygens (including phenoxy) is 1. The number of nitrogens with zero attached hydrogens (tertiary/aromatic N) is 4. The molecular formula is C15H23N5O2. The SMILES string of the molecule is O=C(NCC1CCCCO1)N1CCN(c2cnccn2)CC1. The summed E-state index contributed by atoms with van der Waals surface area (Å²) in [7, 11) is 0. The lowest BCUT2D eigenvalue weighted by molar-refractivity contribution is 0.0177. The molecule has 3 rings (SSSR count). The van der Waals surface area contributed by atoms with Crippen LogP contribution in [0.3, 0.4) is 0 Å². The van der Waals surface area contributed by atoms with Crippen LogP contribution in [0.25, 0.3) is 0 Å². The molecule has 7 heteroatoms. The van der Waals surface area contributed by atoms with E-state index in [0.717, 1.165) is 38.4 Å². The Morgan fingerprint density at radius 2 is 2.14 bits per heavy atom. The van der Waals surface area contributed by atoms with Gasteiger partial charge < -0.3 is 19.9 Å². The van der Waals surface area contributed by atoms with Gasteiger partial charge in [-0.05, 0) is 19.3 Å². The fourth-order valence-electron chi connectivity index (χ4n) is 2.87. The summed E-state index contributed by atoms with van der Waals surface area (Å²) < 4.78 is 5.63. The zero-order valence-electron chi connectivity index (χ0n) is 12.8. The van der Waals surface area contributed by atoms with E-state index in [0.29, 0.717) is 19.6 Å². The summed E-state index contributed by atoms with van der Waals surface area (Å²) in [4.78, 5) is 24.6. The predicted octanol–water partition coefficient (Wildman–Crippen LogP) is 0.877. The van der Waals surface area contributed by atoms with Crippen molar-refractivity contribution in [1.29, 1.82) is 0 Å². The highest BCUT2D eigenvalue weighted by Gasteiger charge is 2.23. The molecule has 22 heavy (non-hydrogen) atoms. The van der Waals surface area contributed by atoms with Crippen molar-refractivity contribution in [2.75, 3.05) is 44.2 Å². The maximum atomic E-state index is 12.2. The summed E-state index contributed by atoms with van der Waals surface area (Å²) in [5, 5.41) is 2.99. The van der Waals surface area contributed by atoms with Crippen molar-refractivity contribution in [2.45, 2.75) is 25.4 Å². The fourth-order valence-corrected chi connectivity index (χ4v) is 2.87. The van der Waals surface area contributed by atoms with Crippen LogP contribution >= 0.6 is 0 Å². The zero-order chi connectivity index (χ0) is 15.2. The summed E-state index contributed by atoms with van der Waals surface area (Å²) >= 11 is 0. The fraction of sp³-hybridized carbons (Fsp3) is 0.667. The molecule has 1 atom stereocenters. The Bertz CT molecular complexity index is 470. The zero-order valence-corrected chi connectivity index (χ0v) is 12.8. The van der Waals surface area contributed by atoms with Gasteiger partial charge in [0.05, 0.1) is 12.3 Å². The van der Waals surface area contributed by atoms with Crippen LogP contribution in [-0.2, 0) is 4.74 Å². The highest BCUT2D eigenvalue weighted by Crippen LogP contribution is 2.13. The first kappa shape index (κ1) is 15.0. The van der Waals surface area contributed by atoms with Gasteiger partial charge in [0.25, 0.3) is 0 Å².